The average molecular weight is 219 g/mol. The normalized spacial score (nSPS) is 17.1. The monoisotopic (exact) mass is 219 g/mol. The first-order valence-electron chi connectivity index (χ1n) is 6.24. The fourth-order valence-corrected chi connectivity index (χ4v) is 2.54. The number of nitrogen functional groups attached to an aromatic ring is 1. The number of rotatable bonds is 4. The molecule has 1 heterocycles. The van der Waals surface area contributed by atoms with Crippen molar-refractivity contribution in [1.82, 2.24) is 9.88 Å². The van der Waals surface area contributed by atoms with Crippen LogP contribution in [0.3, 0.4) is 0 Å². The molecule has 3 heteroatoms. The summed E-state index contributed by atoms with van der Waals surface area (Å²) in [4.78, 5) is 6.88. The van der Waals surface area contributed by atoms with E-state index in [-0.39, 0.29) is 0 Å². The third kappa shape index (κ3) is 2.53. The zero-order chi connectivity index (χ0) is 11.4. The van der Waals surface area contributed by atoms with Gasteiger partial charge < -0.3 is 5.73 Å². The van der Waals surface area contributed by atoms with Gasteiger partial charge in [-0.15, -0.1) is 0 Å². The maximum Gasteiger partial charge on any atom is 0.0772 e. The Kier molecular flexibility index (Phi) is 3.78. The first-order chi connectivity index (χ1) is 7.81. The number of pyridine rings is 1. The van der Waals surface area contributed by atoms with E-state index in [1.165, 1.54) is 25.7 Å². The molecule has 0 aliphatic heterocycles. The molecule has 0 saturated heterocycles. The first kappa shape index (κ1) is 11.4. The van der Waals surface area contributed by atoms with E-state index >= 15 is 0 Å². The molecule has 0 unspecified atom stereocenters. The Morgan fingerprint density at radius 2 is 2.19 bits per heavy atom. The third-order valence-electron chi connectivity index (χ3n) is 3.53. The molecule has 0 bridgehead atoms. The summed E-state index contributed by atoms with van der Waals surface area (Å²) in [5.41, 5.74) is 7.78. The highest BCUT2D eigenvalue weighted by molar-refractivity contribution is 5.41. The summed E-state index contributed by atoms with van der Waals surface area (Å²) in [6.07, 6.45) is 7.24. The van der Waals surface area contributed by atoms with E-state index in [4.69, 9.17) is 5.73 Å². The Bertz CT molecular complexity index is 332. The standard InChI is InChI=1S/C13H21N3/c1-2-16(11-6-3-4-7-11)10-13-12(14)8-5-9-15-13/h5,8-9,11H,2-4,6-7,10,14H2,1H3. The van der Waals surface area contributed by atoms with Gasteiger partial charge in [0, 0.05) is 18.8 Å². The van der Waals surface area contributed by atoms with Crippen molar-refractivity contribution in [2.24, 2.45) is 0 Å². The molecule has 0 aromatic carbocycles. The average Bonchev–Trinajstić information content (AvgIpc) is 2.81. The van der Waals surface area contributed by atoms with E-state index in [1.807, 2.05) is 18.3 Å². The van der Waals surface area contributed by atoms with Gasteiger partial charge in [0.25, 0.3) is 0 Å². The minimum atomic E-state index is 0.742. The highest BCUT2D eigenvalue weighted by atomic mass is 15.2. The van der Waals surface area contributed by atoms with Gasteiger partial charge in [0.05, 0.1) is 11.4 Å². The summed E-state index contributed by atoms with van der Waals surface area (Å²) in [5.74, 6) is 0. The van der Waals surface area contributed by atoms with Crippen molar-refractivity contribution in [1.29, 1.82) is 0 Å². The highest BCUT2D eigenvalue weighted by Crippen LogP contribution is 2.25. The van der Waals surface area contributed by atoms with Crippen LogP contribution in [0.1, 0.15) is 38.3 Å². The molecule has 0 radical (unpaired) electrons. The number of nitrogens with two attached hydrogens (primary N) is 1. The number of anilines is 1. The van der Waals surface area contributed by atoms with Crippen LogP contribution in [0.5, 0.6) is 0 Å². The van der Waals surface area contributed by atoms with Crippen molar-refractivity contribution < 1.29 is 0 Å². The van der Waals surface area contributed by atoms with Crippen molar-refractivity contribution in [2.45, 2.75) is 45.2 Å². The van der Waals surface area contributed by atoms with Crippen molar-refractivity contribution in [3.8, 4) is 0 Å². The number of nitrogens with zero attached hydrogens (tertiary/aromatic N) is 2. The second-order valence-corrected chi connectivity index (χ2v) is 4.54. The van der Waals surface area contributed by atoms with E-state index in [0.29, 0.717) is 0 Å². The van der Waals surface area contributed by atoms with E-state index in [9.17, 15) is 0 Å². The molecule has 88 valence electrons. The molecule has 0 spiro atoms. The smallest absolute Gasteiger partial charge is 0.0772 e. The molecule has 2 N–H and O–H groups in total. The van der Waals surface area contributed by atoms with Crippen molar-refractivity contribution in [3.63, 3.8) is 0 Å². The van der Waals surface area contributed by atoms with E-state index in [0.717, 1.165) is 30.5 Å². The van der Waals surface area contributed by atoms with Crippen molar-refractivity contribution >= 4 is 5.69 Å². The van der Waals surface area contributed by atoms with Crippen LogP contribution in [-0.2, 0) is 6.54 Å². The van der Waals surface area contributed by atoms with E-state index in [2.05, 4.69) is 16.8 Å². The summed E-state index contributed by atoms with van der Waals surface area (Å²) in [6, 6.07) is 4.57. The van der Waals surface area contributed by atoms with Gasteiger partial charge in [-0.2, -0.15) is 0 Å². The molecule has 1 aromatic rings. The summed E-state index contributed by atoms with van der Waals surface area (Å²) in [5, 5.41) is 0. The second-order valence-electron chi connectivity index (χ2n) is 4.54. The van der Waals surface area contributed by atoms with Gasteiger partial charge >= 0.3 is 0 Å². The van der Waals surface area contributed by atoms with E-state index in [1.54, 1.807) is 0 Å². The Hall–Kier alpha value is -1.09. The second kappa shape index (κ2) is 5.30. The van der Waals surface area contributed by atoms with Gasteiger partial charge in [0.2, 0.25) is 0 Å². The largest absolute Gasteiger partial charge is 0.397 e. The lowest BCUT2D eigenvalue weighted by Gasteiger charge is -2.27. The zero-order valence-electron chi connectivity index (χ0n) is 10.0. The molecular formula is C13H21N3. The van der Waals surface area contributed by atoms with Crippen LogP contribution < -0.4 is 5.73 Å². The predicted molar refractivity (Wildman–Crippen MR) is 67.0 cm³/mol. The van der Waals surface area contributed by atoms with E-state index < -0.39 is 0 Å². The van der Waals surface area contributed by atoms with Gasteiger partial charge in [-0.3, -0.25) is 9.88 Å². The van der Waals surface area contributed by atoms with Gasteiger partial charge in [0.1, 0.15) is 0 Å². The lowest BCUT2D eigenvalue weighted by atomic mass is 10.2. The first-order valence-corrected chi connectivity index (χ1v) is 6.24. The van der Waals surface area contributed by atoms with Gasteiger partial charge in [0.15, 0.2) is 0 Å². The summed E-state index contributed by atoms with van der Waals surface area (Å²) >= 11 is 0. The molecule has 1 aliphatic rings. The SMILES string of the molecule is CCN(Cc1ncccc1N)C1CCCC1. The van der Waals surface area contributed by atoms with Crippen LogP contribution >= 0.6 is 0 Å². The van der Waals surface area contributed by atoms with Gasteiger partial charge in [-0.25, -0.2) is 0 Å². The molecule has 16 heavy (non-hydrogen) atoms. The molecule has 1 aromatic heterocycles. The topological polar surface area (TPSA) is 42.2 Å². The van der Waals surface area contributed by atoms with Crippen LogP contribution in [-0.4, -0.2) is 22.5 Å². The molecule has 1 aliphatic carbocycles. The maximum absolute atomic E-state index is 5.93. The Morgan fingerprint density at radius 1 is 1.44 bits per heavy atom. The summed E-state index contributed by atoms with van der Waals surface area (Å²) < 4.78 is 0. The Labute approximate surface area is 97.7 Å². The van der Waals surface area contributed by atoms with Crippen LogP contribution in [0.15, 0.2) is 18.3 Å². The number of hydrogen-bond donors (Lipinski definition) is 1. The van der Waals surface area contributed by atoms with Gasteiger partial charge in [-0.05, 0) is 31.5 Å². The Morgan fingerprint density at radius 3 is 2.81 bits per heavy atom. The quantitative estimate of drug-likeness (QED) is 0.845. The summed E-state index contributed by atoms with van der Waals surface area (Å²) in [7, 11) is 0. The van der Waals surface area contributed by atoms with Crippen LogP contribution in [0.25, 0.3) is 0 Å². The van der Waals surface area contributed by atoms with Crippen molar-refractivity contribution in [3.05, 3.63) is 24.0 Å². The third-order valence-corrected chi connectivity index (χ3v) is 3.53. The van der Waals surface area contributed by atoms with Crippen LogP contribution in [0, 0.1) is 0 Å². The highest BCUT2D eigenvalue weighted by Gasteiger charge is 2.21. The molecule has 0 amide bonds. The lowest BCUT2D eigenvalue weighted by molar-refractivity contribution is 0.198. The number of hydrogen-bond acceptors (Lipinski definition) is 3. The molecule has 0 atom stereocenters. The fraction of sp³-hybridized carbons (Fsp3) is 0.615. The van der Waals surface area contributed by atoms with Crippen LogP contribution in [0.4, 0.5) is 5.69 Å². The zero-order valence-corrected chi connectivity index (χ0v) is 10.0. The van der Waals surface area contributed by atoms with Gasteiger partial charge in [-0.1, -0.05) is 19.8 Å². The van der Waals surface area contributed by atoms with Crippen molar-refractivity contribution in [2.75, 3.05) is 12.3 Å². The Balaban J connectivity index is 2.03. The fourth-order valence-electron chi connectivity index (χ4n) is 2.54. The predicted octanol–water partition coefficient (Wildman–Crippen LogP) is 2.43. The summed E-state index contributed by atoms with van der Waals surface area (Å²) in [6.45, 7) is 4.20. The number of aromatic nitrogens is 1. The molecule has 1 fully saturated rings. The maximum atomic E-state index is 5.93. The molecular weight excluding hydrogens is 198 g/mol. The minimum Gasteiger partial charge on any atom is -0.397 e. The minimum absolute atomic E-state index is 0.742. The molecule has 3 nitrogen and oxygen atoms in total. The molecule has 2 rings (SSSR count). The van der Waals surface area contributed by atoms with Crippen LogP contribution in [0.2, 0.25) is 0 Å². The molecule has 1 saturated carbocycles. The lowest BCUT2D eigenvalue weighted by Crippen LogP contribution is -2.33.